The van der Waals surface area contributed by atoms with E-state index < -0.39 is 26.8 Å². The van der Waals surface area contributed by atoms with Gasteiger partial charge < -0.3 is 4.90 Å². The van der Waals surface area contributed by atoms with Crippen LogP contribution in [0.4, 0.5) is 24.5 Å². The lowest BCUT2D eigenvalue weighted by Crippen LogP contribution is -2.37. The van der Waals surface area contributed by atoms with Crippen LogP contribution < -0.4 is 9.62 Å². The maximum Gasteiger partial charge on any atom is 0.417 e. The number of rotatable bonds is 3. The summed E-state index contributed by atoms with van der Waals surface area (Å²) in [6, 6.07) is 7.04. The monoisotopic (exact) mass is 464 g/mol. The molecule has 1 atom stereocenters. The summed E-state index contributed by atoms with van der Waals surface area (Å²) in [6.07, 6.45) is -4.72. The minimum atomic E-state index is -4.72. The predicted molar refractivity (Wildman–Crippen MR) is 107 cm³/mol. The van der Waals surface area contributed by atoms with Crippen LogP contribution in [0.1, 0.15) is 19.4 Å². The molecule has 5 nitrogen and oxygen atoms in total. The summed E-state index contributed by atoms with van der Waals surface area (Å²) in [5.41, 5.74) is -0.959. The van der Waals surface area contributed by atoms with Crippen molar-refractivity contribution in [3.63, 3.8) is 0 Å². The van der Waals surface area contributed by atoms with Gasteiger partial charge in [0.2, 0.25) is 5.91 Å². The van der Waals surface area contributed by atoms with Gasteiger partial charge in [0.25, 0.3) is 10.0 Å². The van der Waals surface area contributed by atoms with Gasteiger partial charge in [-0.05, 0) is 36.4 Å². The van der Waals surface area contributed by atoms with E-state index in [0.29, 0.717) is 18.3 Å². The van der Waals surface area contributed by atoms with Gasteiger partial charge in [-0.3, -0.25) is 9.52 Å². The van der Waals surface area contributed by atoms with Crippen molar-refractivity contribution in [2.75, 3.05) is 16.2 Å². The fraction of sp³-hybridized carbons (Fsp3) is 0.278. The lowest BCUT2D eigenvalue weighted by molar-refractivity contribution is -0.137. The van der Waals surface area contributed by atoms with Crippen molar-refractivity contribution < 1.29 is 26.4 Å². The molecule has 2 aromatic rings. The van der Waals surface area contributed by atoms with Crippen LogP contribution in [0, 0.1) is 0 Å². The number of carbonyl (C=O) groups excluding carboxylic acids is 1. The maximum atomic E-state index is 13.0. The largest absolute Gasteiger partial charge is 0.417 e. The van der Waals surface area contributed by atoms with Crippen LogP contribution in [0.5, 0.6) is 0 Å². The van der Waals surface area contributed by atoms with E-state index >= 15 is 0 Å². The minimum absolute atomic E-state index is 0.141. The van der Waals surface area contributed by atoms with Gasteiger partial charge in [0.15, 0.2) is 0 Å². The van der Waals surface area contributed by atoms with Crippen LogP contribution in [0.15, 0.2) is 46.2 Å². The number of fused-ring (bicyclic) bond motifs is 1. The van der Waals surface area contributed by atoms with Crippen LogP contribution in [0.2, 0.25) is 5.02 Å². The van der Waals surface area contributed by atoms with Gasteiger partial charge in [-0.2, -0.15) is 13.2 Å². The second-order valence-electron chi connectivity index (χ2n) is 6.49. The maximum absolute atomic E-state index is 13.0. The first-order chi connectivity index (χ1) is 13.4. The Morgan fingerprint density at radius 1 is 1.24 bits per heavy atom. The zero-order valence-corrected chi connectivity index (χ0v) is 17.6. The summed E-state index contributed by atoms with van der Waals surface area (Å²) in [5, 5.41) is -0.390. The van der Waals surface area contributed by atoms with Gasteiger partial charge in [-0.1, -0.05) is 18.5 Å². The first-order valence-electron chi connectivity index (χ1n) is 8.37. The molecule has 0 aromatic heterocycles. The van der Waals surface area contributed by atoms with Gasteiger partial charge in [0.05, 0.1) is 21.2 Å². The predicted octanol–water partition coefficient (Wildman–Crippen LogP) is 5.01. The Labute approximate surface area is 175 Å². The molecule has 1 N–H and O–H groups in total. The second-order valence-corrected chi connectivity index (χ2v) is 10.1. The molecule has 0 fully saturated rings. The molecule has 156 valence electrons. The van der Waals surface area contributed by atoms with E-state index in [9.17, 15) is 26.4 Å². The summed E-state index contributed by atoms with van der Waals surface area (Å²) in [6.45, 7) is 3.77. The summed E-state index contributed by atoms with van der Waals surface area (Å²) in [4.78, 5) is 14.0. The van der Waals surface area contributed by atoms with E-state index in [1.807, 2.05) is 6.92 Å². The standard InChI is InChI=1S/C18H16ClF3N2O3S2/c1-10-9-24(11(2)25)16-8-13(4-6-17(16)28-10)29(26,27)23-12-3-5-15(19)14(7-12)18(20,21)22/h3-8,10,23H,9H2,1-2H3/t10-/m1/s1. The quantitative estimate of drug-likeness (QED) is 0.693. The Hall–Kier alpha value is -1.91. The SMILES string of the molecule is CC(=O)N1C[C@@H](C)Sc2ccc(S(=O)(=O)Nc3ccc(Cl)c(C(F)(F)F)c3)cc21. The summed E-state index contributed by atoms with van der Waals surface area (Å²) < 4.78 is 66.7. The third kappa shape index (κ3) is 4.65. The minimum Gasteiger partial charge on any atom is -0.310 e. The normalized spacial score (nSPS) is 17.0. The zero-order chi connectivity index (χ0) is 21.6. The number of sulfonamides is 1. The summed E-state index contributed by atoms with van der Waals surface area (Å²) in [5.74, 6) is -0.228. The molecular formula is C18H16ClF3N2O3S2. The average Bonchev–Trinajstić information content (AvgIpc) is 2.61. The molecule has 0 spiro atoms. The Balaban J connectivity index is 1.97. The van der Waals surface area contributed by atoms with Crippen LogP contribution in [-0.4, -0.2) is 26.1 Å². The number of alkyl halides is 3. The Bertz CT molecular complexity index is 1070. The summed E-state index contributed by atoms with van der Waals surface area (Å²) in [7, 11) is -4.19. The number of carbonyl (C=O) groups is 1. The highest BCUT2D eigenvalue weighted by Crippen LogP contribution is 2.40. The van der Waals surface area contributed by atoms with Gasteiger partial charge in [0, 0.05) is 29.3 Å². The molecule has 1 heterocycles. The molecule has 2 aromatic carbocycles. The lowest BCUT2D eigenvalue weighted by Gasteiger charge is -2.32. The van der Waals surface area contributed by atoms with Crippen molar-refractivity contribution >= 4 is 50.7 Å². The van der Waals surface area contributed by atoms with E-state index in [4.69, 9.17) is 11.6 Å². The van der Waals surface area contributed by atoms with Crippen LogP contribution in [-0.2, 0) is 21.0 Å². The second kappa shape index (κ2) is 7.73. The molecular weight excluding hydrogens is 449 g/mol. The Kier molecular flexibility index (Phi) is 5.81. The lowest BCUT2D eigenvalue weighted by atomic mass is 10.2. The van der Waals surface area contributed by atoms with E-state index in [0.717, 1.165) is 17.0 Å². The van der Waals surface area contributed by atoms with Crippen molar-refractivity contribution in [1.29, 1.82) is 0 Å². The molecule has 0 saturated heterocycles. The van der Waals surface area contributed by atoms with Crippen molar-refractivity contribution in [2.45, 2.75) is 35.1 Å². The van der Waals surface area contributed by atoms with Crippen LogP contribution >= 0.6 is 23.4 Å². The first kappa shape index (κ1) is 21.8. The fourth-order valence-electron chi connectivity index (χ4n) is 2.90. The van der Waals surface area contributed by atoms with E-state index in [-0.39, 0.29) is 21.7 Å². The smallest absolute Gasteiger partial charge is 0.310 e. The highest BCUT2D eigenvalue weighted by molar-refractivity contribution is 8.00. The molecule has 11 heteroatoms. The molecule has 0 saturated carbocycles. The molecule has 0 radical (unpaired) electrons. The molecule has 29 heavy (non-hydrogen) atoms. The average molecular weight is 465 g/mol. The Morgan fingerprint density at radius 2 is 1.93 bits per heavy atom. The van der Waals surface area contributed by atoms with E-state index in [2.05, 4.69) is 4.72 Å². The van der Waals surface area contributed by atoms with Crippen molar-refractivity contribution in [3.8, 4) is 0 Å². The number of benzene rings is 2. The number of amides is 1. The van der Waals surface area contributed by atoms with Crippen molar-refractivity contribution in [3.05, 3.63) is 47.0 Å². The molecule has 0 unspecified atom stereocenters. The van der Waals surface area contributed by atoms with Crippen LogP contribution in [0.3, 0.4) is 0 Å². The topological polar surface area (TPSA) is 66.5 Å². The molecule has 1 aliphatic heterocycles. The zero-order valence-electron chi connectivity index (χ0n) is 15.2. The van der Waals surface area contributed by atoms with Gasteiger partial charge >= 0.3 is 6.18 Å². The third-order valence-electron chi connectivity index (χ3n) is 4.20. The third-order valence-corrected chi connectivity index (χ3v) is 7.06. The molecule has 0 bridgehead atoms. The van der Waals surface area contributed by atoms with Crippen molar-refractivity contribution in [1.82, 2.24) is 0 Å². The van der Waals surface area contributed by atoms with E-state index in [1.165, 1.54) is 35.7 Å². The first-order valence-corrected chi connectivity index (χ1v) is 11.1. The highest BCUT2D eigenvalue weighted by atomic mass is 35.5. The summed E-state index contributed by atoms with van der Waals surface area (Å²) >= 11 is 7.08. The van der Waals surface area contributed by atoms with Crippen molar-refractivity contribution in [2.24, 2.45) is 0 Å². The highest BCUT2D eigenvalue weighted by Gasteiger charge is 2.34. The number of nitrogens with one attached hydrogen (secondary N) is 1. The van der Waals surface area contributed by atoms with E-state index in [1.54, 1.807) is 6.07 Å². The molecule has 3 rings (SSSR count). The number of nitrogens with zero attached hydrogens (tertiary/aromatic N) is 1. The Morgan fingerprint density at radius 3 is 2.55 bits per heavy atom. The van der Waals surface area contributed by atoms with Gasteiger partial charge in [-0.25, -0.2) is 8.42 Å². The number of halogens is 4. The number of hydrogen-bond acceptors (Lipinski definition) is 4. The van der Waals surface area contributed by atoms with Gasteiger partial charge in [0.1, 0.15) is 0 Å². The van der Waals surface area contributed by atoms with Gasteiger partial charge in [-0.15, -0.1) is 11.8 Å². The molecule has 1 aliphatic rings. The fourth-order valence-corrected chi connectivity index (χ4v) is 5.29. The molecule has 1 amide bonds. The number of hydrogen-bond donors (Lipinski definition) is 1. The number of anilines is 2. The number of thioether (sulfide) groups is 1. The van der Waals surface area contributed by atoms with Crippen LogP contribution in [0.25, 0.3) is 0 Å². The molecule has 0 aliphatic carbocycles.